The number of rotatable bonds is 9. The van der Waals surface area contributed by atoms with Gasteiger partial charge in [0.05, 0.1) is 33.5 Å². The predicted molar refractivity (Wildman–Crippen MR) is 114 cm³/mol. The van der Waals surface area contributed by atoms with Crippen molar-refractivity contribution in [3.8, 4) is 0 Å². The Morgan fingerprint density at radius 3 is 2.03 bits per heavy atom. The molecule has 12 nitrogen and oxygen atoms in total. The number of nitrogens with one attached hydrogen (secondary N) is 1. The molecule has 1 aromatic carbocycles. The average Bonchev–Trinajstić information content (AvgIpc) is 2.74. The van der Waals surface area contributed by atoms with Gasteiger partial charge in [0.15, 0.2) is 6.61 Å². The number of carbonyl (C=O) groups excluding carboxylic acids is 2. The lowest BCUT2D eigenvalue weighted by Gasteiger charge is -2.30. The maximum atomic E-state index is 13.0. The molecule has 0 saturated carbocycles. The van der Waals surface area contributed by atoms with Crippen LogP contribution in [0.15, 0.2) is 46.8 Å². The molecule has 0 radical (unpaired) electrons. The van der Waals surface area contributed by atoms with Gasteiger partial charge in [-0.2, -0.15) is 0 Å². The normalized spacial score (nSPS) is 16.8. The van der Waals surface area contributed by atoms with E-state index in [0.717, 1.165) is 0 Å². The van der Waals surface area contributed by atoms with Crippen molar-refractivity contribution in [2.75, 3.05) is 13.2 Å². The van der Waals surface area contributed by atoms with Crippen LogP contribution in [0.3, 0.4) is 0 Å². The number of carbonyl (C=O) groups is 2. The number of nitro groups is 2. The van der Waals surface area contributed by atoms with Crippen LogP contribution in [0.5, 0.6) is 0 Å². The van der Waals surface area contributed by atoms with Gasteiger partial charge in [-0.3, -0.25) is 20.2 Å². The maximum absolute atomic E-state index is 13.0. The van der Waals surface area contributed by atoms with E-state index in [1.807, 2.05) is 13.8 Å². The average molecular weight is 463 g/mol. The number of ether oxygens (including phenoxy) is 2. The molecule has 0 aliphatic carbocycles. The standard InChI is InChI=1S/C21H25N3O9/c1-11(2)9-32-20(26)17-12(3)22-13(4)18(21(27)33-10-16(25)24(30)31)19(17)14-7-5-6-8-15(14)23(28)29/h5-8,11,16,19,22,25H,9-10H2,1-4H3. The predicted octanol–water partition coefficient (Wildman–Crippen LogP) is 2.17. The molecule has 33 heavy (non-hydrogen) atoms. The van der Waals surface area contributed by atoms with E-state index in [-0.39, 0.29) is 40.6 Å². The number of aliphatic hydroxyl groups is 1. The van der Waals surface area contributed by atoms with Crippen LogP contribution in [0.25, 0.3) is 0 Å². The molecular formula is C21H25N3O9. The van der Waals surface area contributed by atoms with Crippen LogP contribution in [-0.4, -0.2) is 46.3 Å². The summed E-state index contributed by atoms with van der Waals surface area (Å²) >= 11 is 0. The molecule has 0 spiro atoms. The molecule has 2 N–H and O–H groups in total. The first-order valence-electron chi connectivity index (χ1n) is 10.0. The Hall–Kier alpha value is -3.80. The van der Waals surface area contributed by atoms with Crippen molar-refractivity contribution in [2.45, 2.75) is 39.8 Å². The van der Waals surface area contributed by atoms with Crippen molar-refractivity contribution in [1.29, 1.82) is 0 Å². The van der Waals surface area contributed by atoms with E-state index >= 15 is 0 Å². The lowest BCUT2D eigenvalue weighted by Crippen LogP contribution is -2.34. The zero-order valence-electron chi connectivity index (χ0n) is 18.6. The van der Waals surface area contributed by atoms with Gasteiger partial charge >= 0.3 is 18.2 Å². The quantitative estimate of drug-likeness (QED) is 0.239. The van der Waals surface area contributed by atoms with Crippen molar-refractivity contribution >= 4 is 17.6 Å². The first kappa shape index (κ1) is 25.5. The molecule has 0 amide bonds. The zero-order chi connectivity index (χ0) is 24.9. The maximum Gasteiger partial charge on any atom is 0.347 e. The van der Waals surface area contributed by atoms with Crippen LogP contribution in [0.2, 0.25) is 0 Å². The minimum Gasteiger partial charge on any atom is -0.462 e. The summed E-state index contributed by atoms with van der Waals surface area (Å²) in [5.74, 6) is -3.08. The van der Waals surface area contributed by atoms with E-state index in [1.54, 1.807) is 6.92 Å². The Kier molecular flexibility index (Phi) is 8.24. The van der Waals surface area contributed by atoms with Crippen molar-refractivity contribution in [3.05, 3.63) is 72.6 Å². The molecule has 2 unspecified atom stereocenters. The number of aliphatic hydroxyl groups excluding tert-OH is 1. The molecule has 0 bridgehead atoms. The van der Waals surface area contributed by atoms with Crippen molar-refractivity contribution in [3.63, 3.8) is 0 Å². The summed E-state index contributed by atoms with van der Waals surface area (Å²) in [5, 5.41) is 34.6. The lowest BCUT2D eigenvalue weighted by molar-refractivity contribution is -0.572. The largest absolute Gasteiger partial charge is 0.462 e. The number of allylic oxidation sites excluding steroid dienone is 2. The van der Waals surface area contributed by atoms with Gasteiger partial charge in [-0.1, -0.05) is 32.0 Å². The molecule has 0 aromatic heterocycles. The van der Waals surface area contributed by atoms with Gasteiger partial charge in [-0.05, 0) is 19.8 Å². The molecule has 2 rings (SSSR count). The highest BCUT2D eigenvalue weighted by molar-refractivity contribution is 6.00. The number of hydrogen-bond acceptors (Lipinski definition) is 10. The smallest absolute Gasteiger partial charge is 0.347 e. The third kappa shape index (κ3) is 5.92. The Bertz CT molecular complexity index is 1030. The number of nitrogens with zero attached hydrogens (tertiary/aromatic N) is 2. The summed E-state index contributed by atoms with van der Waals surface area (Å²) in [4.78, 5) is 46.6. The van der Waals surface area contributed by atoms with Crippen LogP contribution in [-0.2, 0) is 19.1 Å². The fourth-order valence-electron chi connectivity index (χ4n) is 3.35. The lowest BCUT2D eigenvalue weighted by atomic mass is 9.79. The summed E-state index contributed by atoms with van der Waals surface area (Å²) < 4.78 is 10.3. The topological polar surface area (TPSA) is 171 Å². The Morgan fingerprint density at radius 2 is 1.55 bits per heavy atom. The third-order valence-electron chi connectivity index (χ3n) is 4.80. The number of hydrogen-bond donors (Lipinski definition) is 2. The van der Waals surface area contributed by atoms with Crippen LogP contribution in [0.4, 0.5) is 5.69 Å². The monoisotopic (exact) mass is 463 g/mol. The molecule has 0 saturated heterocycles. The third-order valence-corrected chi connectivity index (χ3v) is 4.80. The van der Waals surface area contributed by atoms with Gasteiger partial charge in [-0.15, -0.1) is 0 Å². The molecule has 1 aromatic rings. The van der Waals surface area contributed by atoms with Gasteiger partial charge in [0.2, 0.25) is 0 Å². The molecule has 0 fully saturated rings. The van der Waals surface area contributed by atoms with Gasteiger partial charge in [0.1, 0.15) is 0 Å². The van der Waals surface area contributed by atoms with E-state index < -0.39 is 40.5 Å². The van der Waals surface area contributed by atoms with Crippen LogP contribution in [0, 0.1) is 26.1 Å². The molecule has 1 aliphatic heterocycles. The van der Waals surface area contributed by atoms with Gasteiger partial charge in [0, 0.05) is 23.0 Å². The van der Waals surface area contributed by atoms with E-state index in [4.69, 9.17) is 9.47 Å². The SMILES string of the molecule is CC1=C(C(=O)OCC(C)C)C(c2ccccc2[N+](=O)[O-])C(C(=O)OCC(O)[N+](=O)[O-])=C(C)N1. The molecule has 1 aliphatic rings. The van der Waals surface area contributed by atoms with Crippen molar-refractivity contribution in [2.24, 2.45) is 5.92 Å². The molecular weight excluding hydrogens is 438 g/mol. The van der Waals surface area contributed by atoms with Crippen LogP contribution in [0.1, 0.15) is 39.2 Å². The van der Waals surface area contributed by atoms with Crippen molar-refractivity contribution < 1.29 is 34.0 Å². The number of esters is 2. The van der Waals surface area contributed by atoms with E-state index in [9.17, 15) is 34.9 Å². The Balaban J connectivity index is 2.61. The highest BCUT2D eigenvalue weighted by Gasteiger charge is 2.41. The number of dihydropyridines is 1. The second kappa shape index (κ2) is 10.7. The summed E-state index contributed by atoms with van der Waals surface area (Å²) in [6.07, 6.45) is -2.15. The summed E-state index contributed by atoms with van der Waals surface area (Å²) in [6.45, 7) is 5.87. The van der Waals surface area contributed by atoms with Crippen molar-refractivity contribution in [1.82, 2.24) is 5.32 Å². The molecule has 1 heterocycles. The first-order chi connectivity index (χ1) is 15.5. The van der Waals surface area contributed by atoms with Gasteiger partial charge in [-0.25, -0.2) is 9.59 Å². The van der Waals surface area contributed by atoms with E-state index in [0.29, 0.717) is 5.70 Å². The zero-order valence-corrected chi connectivity index (χ0v) is 18.6. The first-order valence-corrected chi connectivity index (χ1v) is 10.0. The van der Waals surface area contributed by atoms with Crippen LogP contribution >= 0.6 is 0 Å². The molecule has 2 atom stereocenters. The second-order valence-corrected chi connectivity index (χ2v) is 7.81. The van der Waals surface area contributed by atoms with Crippen LogP contribution < -0.4 is 5.32 Å². The fourth-order valence-corrected chi connectivity index (χ4v) is 3.35. The highest BCUT2D eigenvalue weighted by atomic mass is 16.7. The Morgan fingerprint density at radius 1 is 1.03 bits per heavy atom. The molecule has 12 heteroatoms. The minimum atomic E-state index is -2.15. The second-order valence-electron chi connectivity index (χ2n) is 7.81. The summed E-state index contributed by atoms with van der Waals surface area (Å²) in [5.41, 5.74) is 0.0676. The highest BCUT2D eigenvalue weighted by Crippen LogP contribution is 2.42. The summed E-state index contributed by atoms with van der Waals surface area (Å²) in [6, 6.07) is 5.60. The minimum absolute atomic E-state index is 0.0150. The number of nitro benzene ring substituents is 1. The van der Waals surface area contributed by atoms with E-state index in [1.165, 1.54) is 31.2 Å². The number of para-hydroxylation sites is 1. The van der Waals surface area contributed by atoms with E-state index in [2.05, 4.69) is 5.32 Å². The van der Waals surface area contributed by atoms with Gasteiger partial charge in [0.25, 0.3) is 5.69 Å². The van der Waals surface area contributed by atoms with Gasteiger partial charge < -0.3 is 19.9 Å². The Labute approximate surface area is 189 Å². The molecule has 178 valence electrons. The summed E-state index contributed by atoms with van der Waals surface area (Å²) in [7, 11) is 0. The number of benzene rings is 1. The fraction of sp³-hybridized carbons (Fsp3) is 0.429.